The van der Waals surface area contributed by atoms with Crippen LogP contribution in [0.1, 0.15) is 0 Å². The normalized spacial score (nSPS) is 2.00. The summed E-state index contributed by atoms with van der Waals surface area (Å²) in [5.41, 5.74) is 27.0. The van der Waals surface area contributed by atoms with Gasteiger partial charge in [0.05, 0.1) is 0 Å². The van der Waals surface area contributed by atoms with Gasteiger partial charge >= 0.3 is 37.7 Å². The van der Waals surface area contributed by atoms with E-state index in [1.54, 1.807) is 0 Å². The molecule has 0 heterocycles. The molecule has 0 rings (SSSR count). The van der Waals surface area contributed by atoms with Gasteiger partial charge in [-0.15, -0.1) is 0 Å². The Hall–Kier alpha value is -0.160. The van der Waals surface area contributed by atoms with Gasteiger partial charge in [0.2, 0.25) is 0 Å². The number of hydrogen-bond donors (Lipinski definition) is 0. The van der Waals surface area contributed by atoms with E-state index in [0.717, 1.165) is 0 Å². The molecule has 0 unspecified atom stereocenters. The largest absolute Gasteiger partial charge is 2.00 e. The maximum absolute atomic E-state index is 6.75. The summed E-state index contributed by atoms with van der Waals surface area (Å²) in [7, 11) is 0. The van der Waals surface area contributed by atoms with E-state index in [-0.39, 0.29) is 43.2 Å². The molecule has 0 aliphatic heterocycles. The summed E-state index contributed by atoms with van der Waals surface area (Å²) in [5, 5.41) is 0. The summed E-state index contributed by atoms with van der Waals surface area (Å²) < 4.78 is 0. The fraction of sp³-hybridized carbons (Fsp3) is 0. The molecule has 0 aliphatic carbocycles. The van der Waals surface area contributed by atoms with Gasteiger partial charge in [0.15, 0.2) is 0 Å². The molecule has 8 heavy (non-hydrogen) atoms. The molecule has 2 N–H and O–H groups in total. The zero-order valence-corrected chi connectivity index (χ0v) is 6.10. The van der Waals surface area contributed by atoms with Gasteiger partial charge in [-0.3, -0.25) is 9.82 Å². The molecular formula is H2CaN6O. The van der Waals surface area contributed by atoms with Crippen LogP contribution >= 0.6 is 0 Å². The predicted octanol–water partition coefficient (Wildman–Crippen LogP) is 0.527. The first-order chi connectivity index (χ1) is 2.83. The molecule has 8 heteroatoms. The van der Waals surface area contributed by atoms with E-state index in [1.807, 2.05) is 0 Å². The fourth-order valence-corrected chi connectivity index (χ4v) is 0. The molecule has 0 aromatic rings. The molecule has 0 aromatic heterocycles. The monoisotopic (exact) mass is 142 g/mol. The van der Waals surface area contributed by atoms with Gasteiger partial charge in [-0.2, -0.15) is 0 Å². The quantitative estimate of drug-likeness (QED) is 0.200. The Morgan fingerprint density at radius 2 is 0.750 bits per heavy atom. The van der Waals surface area contributed by atoms with Crippen molar-refractivity contribution < 1.29 is 5.48 Å². The molecular weight excluding hydrogens is 140 g/mol. The van der Waals surface area contributed by atoms with E-state index < -0.39 is 0 Å². The van der Waals surface area contributed by atoms with E-state index in [0.29, 0.717) is 0 Å². The molecule has 0 aromatic carbocycles. The third-order valence-electron chi connectivity index (χ3n) is 0. The van der Waals surface area contributed by atoms with E-state index in [9.17, 15) is 0 Å². The molecule has 0 saturated carbocycles. The van der Waals surface area contributed by atoms with Crippen LogP contribution in [0.3, 0.4) is 0 Å². The average molecular weight is 142 g/mol. The SMILES string of the molecule is O.[Ca+2].[N-]=[N+]=[N-].[N-]=[N+]=[N-]. The van der Waals surface area contributed by atoms with Crippen molar-refractivity contribution in [3.63, 3.8) is 0 Å². The van der Waals surface area contributed by atoms with E-state index in [2.05, 4.69) is 0 Å². The van der Waals surface area contributed by atoms with E-state index in [1.165, 1.54) is 9.82 Å². The average Bonchev–Trinajstić information content (AvgIpc) is 1.39. The van der Waals surface area contributed by atoms with E-state index >= 15 is 0 Å². The minimum atomic E-state index is 0. The van der Waals surface area contributed by atoms with Crippen molar-refractivity contribution in [3.8, 4) is 0 Å². The summed E-state index contributed by atoms with van der Waals surface area (Å²) in [6.07, 6.45) is 0. The first kappa shape index (κ1) is 24.9. The maximum Gasteiger partial charge on any atom is 2.00 e. The van der Waals surface area contributed by atoms with Gasteiger partial charge in [0, 0.05) is 0 Å². The topological polar surface area (TPSA) is 149 Å². The molecule has 0 spiro atoms. The van der Waals surface area contributed by atoms with Crippen LogP contribution in [0.25, 0.3) is 31.9 Å². The van der Waals surface area contributed by atoms with Crippen molar-refractivity contribution in [1.82, 2.24) is 0 Å². The zero-order chi connectivity index (χ0) is 5.41. The van der Waals surface area contributed by atoms with Crippen molar-refractivity contribution in [2.75, 3.05) is 0 Å². The van der Waals surface area contributed by atoms with Gasteiger partial charge in [0.25, 0.3) is 0 Å². The van der Waals surface area contributed by atoms with Crippen LogP contribution in [0.2, 0.25) is 0 Å². The summed E-state index contributed by atoms with van der Waals surface area (Å²) >= 11 is 0. The third-order valence-corrected chi connectivity index (χ3v) is 0. The Bertz CT molecular complexity index is 62.5. The number of nitrogens with zero attached hydrogens (tertiary/aromatic N) is 6. The van der Waals surface area contributed by atoms with Crippen LogP contribution in [-0.4, -0.2) is 43.2 Å². The molecule has 0 bridgehead atoms. The molecule has 0 aliphatic rings. The Balaban J connectivity index is -0.0000000160. The van der Waals surface area contributed by atoms with Gasteiger partial charge < -0.3 is 27.6 Å². The smallest absolute Gasteiger partial charge is 0.412 e. The van der Waals surface area contributed by atoms with E-state index in [4.69, 9.17) is 22.1 Å². The van der Waals surface area contributed by atoms with Crippen LogP contribution in [0.5, 0.6) is 0 Å². The van der Waals surface area contributed by atoms with Crippen LogP contribution in [0, 0.1) is 0 Å². The first-order valence-electron chi connectivity index (χ1n) is 0.800. The van der Waals surface area contributed by atoms with Crippen LogP contribution in [-0.2, 0) is 0 Å². The summed E-state index contributed by atoms with van der Waals surface area (Å²) in [4.78, 5) is 3.00. The minimum Gasteiger partial charge on any atom is -0.412 e. The third kappa shape index (κ3) is 5330. The van der Waals surface area contributed by atoms with Gasteiger partial charge in [0.1, 0.15) is 0 Å². The van der Waals surface area contributed by atoms with Crippen molar-refractivity contribution in [3.05, 3.63) is 31.9 Å². The van der Waals surface area contributed by atoms with Crippen molar-refractivity contribution in [1.29, 1.82) is 0 Å². The van der Waals surface area contributed by atoms with Crippen LogP contribution in [0.15, 0.2) is 0 Å². The number of rotatable bonds is 0. The fourth-order valence-electron chi connectivity index (χ4n) is 0. The summed E-state index contributed by atoms with van der Waals surface area (Å²) in [6, 6.07) is 0. The second-order valence-electron chi connectivity index (χ2n) is 0.179. The second-order valence-corrected chi connectivity index (χ2v) is 0.179. The summed E-state index contributed by atoms with van der Waals surface area (Å²) in [6.45, 7) is 0. The Kier molecular flexibility index (Phi) is 214. The molecule has 0 saturated heterocycles. The Labute approximate surface area is 74.8 Å². The number of hydrogen-bond acceptors (Lipinski definition) is 0. The Morgan fingerprint density at radius 1 is 0.750 bits per heavy atom. The second kappa shape index (κ2) is 68.9. The van der Waals surface area contributed by atoms with Gasteiger partial charge in [-0.05, 0) is 0 Å². The zero-order valence-electron chi connectivity index (χ0n) is 3.89. The molecule has 7 nitrogen and oxygen atoms in total. The van der Waals surface area contributed by atoms with Crippen LogP contribution < -0.4 is 0 Å². The predicted molar refractivity (Wildman–Crippen MR) is 29.5 cm³/mol. The molecule has 0 amide bonds. The Morgan fingerprint density at radius 3 is 0.750 bits per heavy atom. The first-order valence-corrected chi connectivity index (χ1v) is 0.800. The van der Waals surface area contributed by atoms with Crippen molar-refractivity contribution in [2.45, 2.75) is 0 Å². The van der Waals surface area contributed by atoms with Crippen molar-refractivity contribution in [2.24, 2.45) is 0 Å². The summed E-state index contributed by atoms with van der Waals surface area (Å²) in [5.74, 6) is 0. The maximum atomic E-state index is 6.75. The molecule has 0 fully saturated rings. The standard InChI is InChI=1S/Ca.2N3.H2O/c;2*1-3-2;/h;;;1H2/q+2;2*-1;. The van der Waals surface area contributed by atoms with Crippen molar-refractivity contribution >= 4 is 37.7 Å². The molecule has 40 valence electrons. The van der Waals surface area contributed by atoms with Gasteiger partial charge in [-0.25, -0.2) is 0 Å². The molecule has 0 atom stereocenters. The minimum absolute atomic E-state index is 0. The molecule has 0 radical (unpaired) electrons. The van der Waals surface area contributed by atoms with Gasteiger partial charge in [-0.1, -0.05) is 0 Å². The van der Waals surface area contributed by atoms with Crippen LogP contribution in [0.4, 0.5) is 0 Å².